The maximum absolute atomic E-state index is 12.3. The molecule has 0 radical (unpaired) electrons. The van der Waals surface area contributed by atoms with Crippen LogP contribution in [0.4, 0.5) is 0 Å². The van der Waals surface area contributed by atoms with Crippen molar-refractivity contribution in [3.63, 3.8) is 0 Å². The summed E-state index contributed by atoms with van der Waals surface area (Å²) in [6, 6.07) is 0. The van der Waals surface area contributed by atoms with Crippen LogP contribution in [-0.4, -0.2) is 29.4 Å². The highest BCUT2D eigenvalue weighted by Gasteiger charge is 2.65. The molecule has 112 valence electrons. The van der Waals surface area contributed by atoms with E-state index in [1.165, 1.54) is 6.08 Å². The summed E-state index contributed by atoms with van der Waals surface area (Å²) in [4.78, 5) is 24.0. The molecule has 0 bridgehead atoms. The number of rotatable bonds is 0. The highest BCUT2D eigenvalue weighted by Crippen LogP contribution is 2.64. The van der Waals surface area contributed by atoms with Gasteiger partial charge in [0, 0.05) is 23.0 Å². The summed E-state index contributed by atoms with van der Waals surface area (Å²) in [7, 11) is 0. The Bertz CT molecular complexity index is 618. The number of aliphatic hydroxyl groups is 1. The zero-order valence-corrected chi connectivity index (χ0v) is 12.1. The molecule has 2 aliphatic heterocycles. The van der Waals surface area contributed by atoms with Gasteiger partial charge in [0.05, 0.1) is 5.41 Å². The average Bonchev–Trinajstić information content (AvgIpc) is 2.65. The van der Waals surface area contributed by atoms with Gasteiger partial charge in [0.25, 0.3) is 0 Å². The maximum Gasteiger partial charge on any atom is 0.333 e. The molecule has 2 aliphatic carbocycles. The molecule has 21 heavy (non-hydrogen) atoms. The second-order valence-electron chi connectivity index (χ2n) is 7.01. The second-order valence-corrected chi connectivity index (χ2v) is 7.01. The highest BCUT2D eigenvalue weighted by molar-refractivity contribution is 5.87. The van der Waals surface area contributed by atoms with E-state index in [0.717, 1.165) is 24.8 Å². The van der Waals surface area contributed by atoms with Crippen LogP contribution < -0.4 is 0 Å². The van der Waals surface area contributed by atoms with Gasteiger partial charge in [-0.3, -0.25) is 4.79 Å². The number of ether oxygens (including phenoxy) is 2. The fraction of sp³-hybridized carbons (Fsp3) is 0.625. The van der Waals surface area contributed by atoms with Crippen LogP contribution >= 0.6 is 0 Å². The second kappa shape index (κ2) is 3.77. The minimum absolute atomic E-state index is 0.0133. The lowest BCUT2D eigenvalue weighted by atomic mass is 9.50. The fourth-order valence-corrected chi connectivity index (χ4v) is 4.94. The molecule has 2 heterocycles. The summed E-state index contributed by atoms with van der Waals surface area (Å²) in [5.74, 6) is -0.674. The van der Waals surface area contributed by atoms with Crippen LogP contribution in [-0.2, 0) is 19.1 Å². The van der Waals surface area contributed by atoms with E-state index in [1.54, 1.807) is 6.08 Å². The van der Waals surface area contributed by atoms with Crippen molar-refractivity contribution in [2.45, 2.75) is 45.5 Å². The van der Waals surface area contributed by atoms with Gasteiger partial charge in [-0.25, -0.2) is 4.79 Å². The summed E-state index contributed by atoms with van der Waals surface area (Å²) < 4.78 is 10.4. The molecular formula is C16H18O5. The summed E-state index contributed by atoms with van der Waals surface area (Å²) >= 11 is 0. The Morgan fingerprint density at radius 3 is 2.67 bits per heavy atom. The molecule has 0 aromatic rings. The monoisotopic (exact) mass is 290 g/mol. The van der Waals surface area contributed by atoms with Gasteiger partial charge in [-0.15, -0.1) is 0 Å². The third-order valence-corrected chi connectivity index (χ3v) is 5.83. The first-order chi connectivity index (χ1) is 9.86. The Kier molecular flexibility index (Phi) is 2.35. The molecule has 4 aliphatic rings. The number of carbonyl (C=O) groups is 2. The first-order valence-electron chi connectivity index (χ1n) is 7.40. The van der Waals surface area contributed by atoms with Gasteiger partial charge in [-0.1, -0.05) is 13.3 Å². The standard InChI is InChI=1S/C16H18O5/c1-15-4-3-5-16(2)12(15)10(20-14(16)19)6-8-9(15)7-11(17)21-13(8)18/h6-7,10,12-13,18H,3-5H2,1-2H3/t10-,12-,13+,15-,16+/m1/s1. The fourth-order valence-electron chi connectivity index (χ4n) is 4.94. The van der Waals surface area contributed by atoms with Gasteiger partial charge in [0.15, 0.2) is 0 Å². The third kappa shape index (κ3) is 1.45. The number of fused-ring (bicyclic) bond motifs is 2. The van der Waals surface area contributed by atoms with E-state index in [4.69, 9.17) is 9.47 Å². The Balaban J connectivity index is 1.94. The summed E-state index contributed by atoms with van der Waals surface area (Å²) in [5.41, 5.74) is 0.551. The SMILES string of the molecule is C[C@@]12CCC[C@]3(C)C4=CC(=O)O[C@H](O)C4=C[C@@H](OC1=O)[C@@H]23. The van der Waals surface area contributed by atoms with E-state index in [2.05, 4.69) is 6.92 Å². The number of aliphatic hydroxyl groups excluding tert-OH is 1. The van der Waals surface area contributed by atoms with Crippen molar-refractivity contribution in [1.29, 1.82) is 0 Å². The molecule has 5 heteroatoms. The average molecular weight is 290 g/mol. The third-order valence-electron chi connectivity index (χ3n) is 5.83. The van der Waals surface area contributed by atoms with Crippen LogP contribution in [0.5, 0.6) is 0 Å². The lowest BCUT2D eigenvalue weighted by molar-refractivity contribution is -0.158. The maximum atomic E-state index is 12.3. The van der Waals surface area contributed by atoms with Crippen molar-refractivity contribution in [1.82, 2.24) is 0 Å². The molecule has 2 fully saturated rings. The summed E-state index contributed by atoms with van der Waals surface area (Å²) in [5, 5.41) is 10.0. The van der Waals surface area contributed by atoms with Gasteiger partial charge in [0.1, 0.15) is 6.10 Å². The number of cyclic esters (lactones) is 1. The zero-order chi connectivity index (χ0) is 15.0. The molecule has 0 spiro atoms. The lowest BCUT2D eigenvalue weighted by Gasteiger charge is -2.52. The van der Waals surface area contributed by atoms with Crippen molar-refractivity contribution in [2.24, 2.45) is 16.7 Å². The molecule has 1 N–H and O–H groups in total. The minimum Gasteiger partial charge on any atom is -0.457 e. The van der Waals surface area contributed by atoms with Crippen molar-refractivity contribution >= 4 is 11.9 Å². The molecule has 5 atom stereocenters. The minimum atomic E-state index is -1.26. The molecule has 1 saturated carbocycles. The van der Waals surface area contributed by atoms with Gasteiger partial charge >= 0.3 is 11.9 Å². The Hall–Kier alpha value is -1.62. The molecular weight excluding hydrogens is 272 g/mol. The van der Waals surface area contributed by atoms with Crippen LogP contribution in [0.1, 0.15) is 33.1 Å². The molecule has 5 nitrogen and oxygen atoms in total. The largest absolute Gasteiger partial charge is 0.457 e. The van der Waals surface area contributed by atoms with E-state index < -0.39 is 17.7 Å². The van der Waals surface area contributed by atoms with Crippen LogP contribution in [0.2, 0.25) is 0 Å². The molecule has 0 aromatic heterocycles. The molecule has 4 rings (SSSR count). The van der Waals surface area contributed by atoms with Crippen LogP contribution in [0.3, 0.4) is 0 Å². The van der Waals surface area contributed by atoms with Gasteiger partial charge in [0.2, 0.25) is 6.29 Å². The van der Waals surface area contributed by atoms with Gasteiger partial charge < -0.3 is 14.6 Å². The van der Waals surface area contributed by atoms with Gasteiger partial charge in [-0.2, -0.15) is 0 Å². The van der Waals surface area contributed by atoms with Crippen molar-refractivity contribution < 1.29 is 24.2 Å². The molecule has 0 aromatic carbocycles. The molecule has 1 saturated heterocycles. The summed E-state index contributed by atoms with van der Waals surface area (Å²) in [6.07, 6.45) is 4.23. The van der Waals surface area contributed by atoms with E-state index in [9.17, 15) is 14.7 Å². The van der Waals surface area contributed by atoms with E-state index in [-0.39, 0.29) is 23.4 Å². The van der Waals surface area contributed by atoms with E-state index in [1.807, 2.05) is 6.92 Å². The predicted octanol–water partition coefficient (Wildman–Crippen LogP) is 1.47. The first-order valence-corrected chi connectivity index (χ1v) is 7.40. The highest BCUT2D eigenvalue weighted by atomic mass is 16.6. The van der Waals surface area contributed by atoms with E-state index >= 15 is 0 Å². The molecule has 0 unspecified atom stereocenters. The van der Waals surface area contributed by atoms with Crippen LogP contribution in [0.25, 0.3) is 0 Å². The Morgan fingerprint density at radius 2 is 1.90 bits per heavy atom. The predicted molar refractivity (Wildman–Crippen MR) is 71.7 cm³/mol. The zero-order valence-electron chi connectivity index (χ0n) is 12.1. The summed E-state index contributed by atoms with van der Waals surface area (Å²) in [6.45, 7) is 4.04. The number of hydrogen-bond acceptors (Lipinski definition) is 5. The lowest BCUT2D eigenvalue weighted by Crippen LogP contribution is -2.51. The first kappa shape index (κ1) is 13.1. The number of hydrogen-bond donors (Lipinski definition) is 1. The Labute approximate surface area is 122 Å². The normalized spacial score (nSPS) is 47.7. The van der Waals surface area contributed by atoms with Crippen molar-refractivity contribution in [3.05, 3.63) is 23.3 Å². The topological polar surface area (TPSA) is 72.8 Å². The van der Waals surface area contributed by atoms with Crippen LogP contribution in [0.15, 0.2) is 23.3 Å². The Morgan fingerprint density at radius 1 is 1.19 bits per heavy atom. The van der Waals surface area contributed by atoms with Crippen LogP contribution in [0, 0.1) is 16.7 Å². The quantitative estimate of drug-likeness (QED) is 0.684. The number of carbonyl (C=O) groups excluding carboxylic acids is 2. The van der Waals surface area contributed by atoms with Crippen molar-refractivity contribution in [3.8, 4) is 0 Å². The van der Waals surface area contributed by atoms with E-state index in [0.29, 0.717) is 5.57 Å². The molecule has 0 amide bonds. The van der Waals surface area contributed by atoms with Crippen molar-refractivity contribution in [2.75, 3.05) is 0 Å². The number of esters is 2. The smallest absolute Gasteiger partial charge is 0.333 e. The van der Waals surface area contributed by atoms with Gasteiger partial charge in [-0.05, 0) is 31.4 Å².